The molecule has 2 aromatic carbocycles. The molecule has 0 bridgehead atoms. The first-order valence-corrected chi connectivity index (χ1v) is 9.39. The van der Waals surface area contributed by atoms with Crippen molar-refractivity contribution in [3.05, 3.63) is 60.2 Å². The Morgan fingerprint density at radius 2 is 1.50 bits per heavy atom. The average molecular weight is 345 g/mol. The van der Waals surface area contributed by atoms with E-state index in [0.29, 0.717) is 24.4 Å². The number of nitrogens with zero attached hydrogens (tertiary/aromatic N) is 1. The van der Waals surface area contributed by atoms with Crippen molar-refractivity contribution >= 4 is 16.0 Å². The summed E-state index contributed by atoms with van der Waals surface area (Å²) in [6.45, 7) is 1.11. The van der Waals surface area contributed by atoms with E-state index in [9.17, 15) is 13.2 Å². The van der Waals surface area contributed by atoms with E-state index in [-0.39, 0.29) is 4.90 Å². The topological polar surface area (TPSA) is 63.7 Å². The molecule has 0 amide bonds. The lowest BCUT2D eigenvalue weighted by atomic mass is 10.2. The van der Waals surface area contributed by atoms with E-state index >= 15 is 0 Å². The Morgan fingerprint density at radius 3 is 2.12 bits per heavy atom. The highest BCUT2D eigenvalue weighted by Gasteiger charge is 2.26. The maximum absolute atomic E-state index is 12.6. The quantitative estimate of drug-likeness (QED) is 0.631. The lowest BCUT2D eigenvalue weighted by Gasteiger charge is -2.25. The van der Waals surface area contributed by atoms with Crippen LogP contribution in [0.4, 0.5) is 0 Å². The number of hydrogen-bond donors (Lipinski definition) is 0. The first kappa shape index (κ1) is 16.7. The lowest BCUT2D eigenvalue weighted by Crippen LogP contribution is -2.35. The highest BCUT2D eigenvalue weighted by Crippen LogP contribution is 2.21. The summed E-state index contributed by atoms with van der Waals surface area (Å²) in [6.07, 6.45) is 2.84. The van der Waals surface area contributed by atoms with Crippen LogP contribution in [0.2, 0.25) is 0 Å². The molecule has 0 unspecified atom stereocenters. The third-order valence-electron chi connectivity index (χ3n) is 4.00. The molecule has 0 aliphatic carbocycles. The molecular formula is C18H19NO4S. The van der Waals surface area contributed by atoms with Crippen molar-refractivity contribution in [2.24, 2.45) is 0 Å². The molecule has 5 nitrogen and oxygen atoms in total. The highest BCUT2D eigenvalue weighted by molar-refractivity contribution is 7.89. The third-order valence-corrected chi connectivity index (χ3v) is 5.91. The Kier molecular flexibility index (Phi) is 4.97. The number of ether oxygens (including phenoxy) is 1. The smallest absolute Gasteiger partial charge is 0.343 e. The third kappa shape index (κ3) is 3.66. The minimum absolute atomic E-state index is 0.209. The second-order valence-electron chi connectivity index (χ2n) is 5.69. The summed E-state index contributed by atoms with van der Waals surface area (Å²) in [5.74, 6) is -0.0596. The van der Waals surface area contributed by atoms with Gasteiger partial charge in [0, 0.05) is 13.1 Å². The Morgan fingerprint density at radius 1 is 0.875 bits per heavy atom. The van der Waals surface area contributed by atoms with Gasteiger partial charge in [0.25, 0.3) is 0 Å². The van der Waals surface area contributed by atoms with Crippen LogP contribution < -0.4 is 4.74 Å². The molecule has 1 heterocycles. The first-order valence-electron chi connectivity index (χ1n) is 7.95. The zero-order valence-corrected chi connectivity index (χ0v) is 14.0. The molecule has 3 rings (SSSR count). The van der Waals surface area contributed by atoms with Crippen molar-refractivity contribution in [1.29, 1.82) is 0 Å². The van der Waals surface area contributed by atoms with E-state index in [1.54, 1.807) is 24.3 Å². The van der Waals surface area contributed by atoms with Gasteiger partial charge in [-0.15, -0.1) is 0 Å². The predicted molar refractivity (Wildman–Crippen MR) is 90.5 cm³/mol. The minimum atomic E-state index is -3.48. The van der Waals surface area contributed by atoms with Crippen molar-refractivity contribution in [2.45, 2.75) is 24.2 Å². The SMILES string of the molecule is O=C(Oc1ccccc1)c1ccc(S(=O)(=O)N2CCCCC2)cc1. The predicted octanol–water partition coefficient (Wildman–Crippen LogP) is 3.08. The molecule has 2 aromatic rings. The summed E-state index contributed by atoms with van der Waals surface area (Å²) in [5, 5.41) is 0. The standard InChI is InChI=1S/C18H19NO4S/c20-18(23-16-7-3-1-4-8-16)15-9-11-17(12-10-15)24(21,22)19-13-5-2-6-14-19/h1,3-4,7-12H,2,5-6,13-14H2. The number of carbonyl (C=O) groups excluding carboxylic acids is 1. The zero-order valence-electron chi connectivity index (χ0n) is 13.2. The second kappa shape index (κ2) is 7.15. The van der Waals surface area contributed by atoms with Gasteiger partial charge in [-0.2, -0.15) is 4.31 Å². The maximum Gasteiger partial charge on any atom is 0.343 e. The number of hydrogen-bond acceptors (Lipinski definition) is 4. The molecule has 1 aliphatic rings. The largest absolute Gasteiger partial charge is 0.423 e. The molecule has 1 saturated heterocycles. The Labute approximate surface area is 141 Å². The van der Waals surface area contributed by atoms with Gasteiger partial charge in [-0.3, -0.25) is 0 Å². The van der Waals surface area contributed by atoms with Gasteiger partial charge in [0.1, 0.15) is 5.75 Å². The highest BCUT2D eigenvalue weighted by atomic mass is 32.2. The summed E-state index contributed by atoms with van der Waals surface area (Å²) in [6, 6.07) is 14.7. The van der Waals surface area contributed by atoms with Gasteiger partial charge in [-0.25, -0.2) is 13.2 Å². The van der Waals surface area contributed by atoms with Crippen molar-refractivity contribution in [1.82, 2.24) is 4.31 Å². The molecule has 0 aromatic heterocycles. The van der Waals surface area contributed by atoms with Gasteiger partial charge in [0.15, 0.2) is 0 Å². The van der Waals surface area contributed by atoms with E-state index in [2.05, 4.69) is 0 Å². The second-order valence-corrected chi connectivity index (χ2v) is 7.63. The van der Waals surface area contributed by atoms with Crippen LogP contribution in [0.3, 0.4) is 0 Å². The molecule has 24 heavy (non-hydrogen) atoms. The van der Waals surface area contributed by atoms with Crippen LogP contribution >= 0.6 is 0 Å². The van der Waals surface area contributed by atoms with E-state index in [1.165, 1.54) is 28.6 Å². The summed E-state index contributed by atoms with van der Waals surface area (Å²) in [5.41, 5.74) is 0.316. The minimum Gasteiger partial charge on any atom is -0.423 e. The van der Waals surface area contributed by atoms with Crippen LogP contribution in [0.15, 0.2) is 59.5 Å². The van der Waals surface area contributed by atoms with Gasteiger partial charge >= 0.3 is 5.97 Å². The van der Waals surface area contributed by atoms with Crippen LogP contribution in [-0.4, -0.2) is 31.8 Å². The molecule has 1 aliphatic heterocycles. The van der Waals surface area contributed by atoms with E-state index in [1.807, 2.05) is 6.07 Å². The van der Waals surface area contributed by atoms with Crippen LogP contribution in [0.1, 0.15) is 29.6 Å². The number of carbonyl (C=O) groups is 1. The van der Waals surface area contributed by atoms with Crippen molar-refractivity contribution < 1.29 is 17.9 Å². The number of benzene rings is 2. The van der Waals surface area contributed by atoms with Gasteiger partial charge in [0.2, 0.25) is 10.0 Å². The van der Waals surface area contributed by atoms with E-state index < -0.39 is 16.0 Å². The van der Waals surface area contributed by atoms with Gasteiger partial charge in [-0.05, 0) is 49.2 Å². The number of para-hydroxylation sites is 1. The van der Waals surface area contributed by atoms with Gasteiger partial charge < -0.3 is 4.74 Å². The van der Waals surface area contributed by atoms with Crippen LogP contribution in [0.5, 0.6) is 5.75 Å². The summed E-state index contributed by atoms with van der Waals surface area (Å²) in [4.78, 5) is 12.3. The van der Waals surface area contributed by atoms with Crippen molar-refractivity contribution in [3.63, 3.8) is 0 Å². The molecule has 126 valence electrons. The summed E-state index contributed by atoms with van der Waals surface area (Å²) >= 11 is 0. The Bertz CT molecular complexity index is 795. The van der Waals surface area contributed by atoms with Crippen LogP contribution in [-0.2, 0) is 10.0 Å². The molecule has 0 saturated carbocycles. The fraction of sp³-hybridized carbons (Fsp3) is 0.278. The van der Waals surface area contributed by atoms with Crippen molar-refractivity contribution in [3.8, 4) is 5.75 Å². The normalized spacial score (nSPS) is 15.8. The average Bonchev–Trinajstić information content (AvgIpc) is 2.63. The number of esters is 1. The zero-order chi connectivity index (χ0) is 17.0. The fourth-order valence-corrected chi connectivity index (χ4v) is 4.19. The van der Waals surface area contributed by atoms with Crippen molar-refractivity contribution in [2.75, 3.05) is 13.1 Å². The molecule has 1 fully saturated rings. The molecule has 6 heteroatoms. The fourth-order valence-electron chi connectivity index (χ4n) is 2.67. The number of sulfonamides is 1. The van der Waals surface area contributed by atoms with E-state index in [0.717, 1.165) is 19.3 Å². The molecule has 0 atom stereocenters. The molecular weight excluding hydrogens is 326 g/mol. The number of rotatable bonds is 4. The number of piperidine rings is 1. The van der Waals surface area contributed by atoms with Gasteiger partial charge in [-0.1, -0.05) is 24.6 Å². The maximum atomic E-state index is 12.6. The molecule has 0 N–H and O–H groups in total. The van der Waals surface area contributed by atoms with E-state index in [4.69, 9.17) is 4.74 Å². The lowest BCUT2D eigenvalue weighted by molar-refractivity contribution is 0.0734. The monoisotopic (exact) mass is 345 g/mol. The Hall–Kier alpha value is -2.18. The Balaban J connectivity index is 1.74. The summed E-state index contributed by atoms with van der Waals surface area (Å²) < 4.78 is 31.9. The molecule has 0 radical (unpaired) electrons. The first-order chi connectivity index (χ1) is 11.6. The summed E-state index contributed by atoms with van der Waals surface area (Å²) in [7, 11) is -3.48. The van der Waals surface area contributed by atoms with Crippen LogP contribution in [0.25, 0.3) is 0 Å². The van der Waals surface area contributed by atoms with Gasteiger partial charge in [0.05, 0.1) is 10.5 Å². The van der Waals surface area contributed by atoms with Crippen LogP contribution in [0, 0.1) is 0 Å². The molecule has 0 spiro atoms.